The number of hydrogen-bond acceptors (Lipinski definition) is 2. The molecule has 0 aliphatic carbocycles. The molecule has 2 aromatic rings. The van der Waals surface area contributed by atoms with Crippen molar-refractivity contribution in [3.8, 4) is 0 Å². The van der Waals surface area contributed by atoms with Crippen LogP contribution in [-0.2, 0) is 16.0 Å². The maximum atomic E-state index is 11.8. The molecule has 1 aliphatic rings. The van der Waals surface area contributed by atoms with Crippen LogP contribution >= 0.6 is 0 Å². The molecule has 1 aliphatic heterocycles. The first-order valence-electron chi connectivity index (χ1n) is 6.77. The number of benzene rings is 1. The molecule has 3 N–H and O–H groups in total. The van der Waals surface area contributed by atoms with Crippen molar-refractivity contribution in [1.82, 2.24) is 4.98 Å². The fourth-order valence-corrected chi connectivity index (χ4v) is 3.08. The first kappa shape index (κ1) is 14.9. The van der Waals surface area contributed by atoms with Gasteiger partial charge in [0.2, 0.25) is 0 Å². The second-order valence-corrected chi connectivity index (χ2v) is 5.10. The van der Waals surface area contributed by atoms with Gasteiger partial charge in [-0.15, -0.1) is 0 Å². The van der Waals surface area contributed by atoms with Crippen LogP contribution in [0.4, 0.5) is 0 Å². The van der Waals surface area contributed by atoms with Crippen LogP contribution in [0.1, 0.15) is 30.6 Å². The molecule has 0 saturated heterocycles. The molecule has 0 spiro atoms. The summed E-state index contributed by atoms with van der Waals surface area (Å²) >= 11 is 0. The maximum Gasteiger partial charge on any atom is 0.364 e. The zero-order valence-electron chi connectivity index (χ0n) is 11.7. The lowest BCUT2D eigenvalue weighted by atomic mass is 9.93. The number of methoxy groups -OCH3 is 1. The van der Waals surface area contributed by atoms with Crippen LogP contribution in [0.15, 0.2) is 24.3 Å². The smallest absolute Gasteiger partial charge is 0.364 e. The quantitative estimate of drug-likeness (QED) is 0.648. The number of nitrogens with one attached hydrogen (secondary N) is 1. The van der Waals surface area contributed by atoms with E-state index in [4.69, 9.17) is 4.74 Å². The standard InChI is InChI=1S/C15H18N2O2.ClH/c1-3-11-14-10(8-13(16-11)15(18)19-2)9-6-4-5-7-12(9)17-14;/h4-7,11,13,16-17H,3,8H2,1-2H3;1H. The summed E-state index contributed by atoms with van der Waals surface area (Å²) in [6, 6.07) is 8.47. The molecule has 2 heterocycles. The number of nitrogens with two attached hydrogens (primary N) is 1. The molecule has 0 fully saturated rings. The summed E-state index contributed by atoms with van der Waals surface area (Å²) in [6.07, 6.45) is 1.73. The largest absolute Gasteiger partial charge is 1.00 e. The van der Waals surface area contributed by atoms with Crippen molar-refractivity contribution >= 4 is 16.9 Å². The molecule has 0 bridgehead atoms. The van der Waals surface area contributed by atoms with Gasteiger partial charge in [-0.05, 0) is 11.6 Å². The molecule has 5 heteroatoms. The number of rotatable bonds is 2. The number of ether oxygens (including phenoxy) is 1. The Bertz CT molecular complexity index is 623. The molecule has 0 saturated carbocycles. The van der Waals surface area contributed by atoms with Crippen molar-refractivity contribution in [1.29, 1.82) is 0 Å². The van der Waals surface area contributed by atoms with Crippen molar-refractivity contribution in [2.45, 2.75) is 31.8 Å². The van der Waals surface area contributed by atoms with E-state index >= 15 is 0 Å². The molecule has 2 unspecified atom stereocenters. The number of carbonyl (C=O) groups excluding carboxylic acids is 1. The van der Waals surface area contributed by atoms with E-state index in [-0.39, 0.29) is 24.4 Å². The van der Waals surface area contributed by atoms with E-state index < -0.39 is 0 Å². The zero-order chi connectivity index (χ0) is 13.4. The average Bonchev–Trinajstić information content (AvgIpc) is 2.84. The average molecular weight is 295 g/mol. The van der Waals surface area contributed by atoms with E-state index in [0.29, 0.717) is 6.04 Å². The van der Waals surface area contributed by atoms with Gasteiger partial charge in [-0.3, -0.25) is 0 Å². The maximum absolute atomic E-state index is 11.8. The summed E-state index contributed by atoms with van der Waals surface area (Å²) in [5.74, 6) is -0.130. The predicted octanol–water partition coefficient (Wildman–Crippen LogP) is -1.72. The van der Waals surface area contributed by atoms with Gasteiger partial charge in [0.15, 0.2) is 6.04 Å². The van der Waals surface area contributed by atoms with Crippen LogP contribution in [0.25, 0.3) is 10.9 Å². The molecular weight excluding hydrogens is 276 g/mol. The van der Waals surface area contributed by atoms with Crippen LogP contribution in [0, 0.1) is 0 Å². The highest BCUT2D eigenvalue weighted by Crippen LogP contribution is 2.30. The molecule has 4 nitrogen and oxygen atoms in total. The fraction of sp³-hybridized carbons (Fsp3) is 0.400. The number of quaternary nitrogens is 1. The van der Waals surface area contributed by atoms with Gasteiger partial charge < -0.3 is 27.4 Å². The van der Waals surface area contributed by atoms with Gasteiger partial charge in [0.05, 0.1) is 12.8 Å². The van der Waals surface area contributed by atoms with Gasteiger partial charge >= 0.3 is 5.97 Å². The van der Waals surface area contributed by atoms with Gasteiger partial charge in [-0.2, -0.15) is 0 Å². The number of fused-ring (bicyclic) bond motifs is 3. The van der Waals surface area contributed by atoms with Gasteiger partial charge in [-0.1, -0.05) is 25.1 Å². The van der Waals surface area contributed by atoms with Crippen molar-refractivity contribution < 1.29 is 27.3 Å². The van der Waals surface area contributed by atoms with E-state index in [9.17, 15) is 4.79 Å². The van der Waals surface area contributed by atoms with E-state index in [2.05, 4.69) is 29.4 Å². The highest BCUT2D eigenvalue weighted by molar-refractivity contribution is 5.86. The van der Waals surface area contributed by atoms with Gasteiger partial charge in [0, 0.05) is 23.7 Å². The molecular formula is C15H19ClN2O2. The predicted molar refractivity (Wildman–Crippen MR) is 72.8 cm³/mol. The Balaban J connectivity index is 0.00000147. The minimum Gasteiger partial charge on any atom is -1.00 e. The molecule has 1 aromatic carbocycles. The molecule has 3 rings (SSSR count). The lowest BCUT2D eigenvalue weighted by Gasteiger charge is -2.25. The van der Waals surface area contributed by atoms with Gasteiger partial charge in [-0.25, -0.2) is 4.79 Å². The molecule has 0 radical (unpaired) electrons. The van der Waals surface area contributed by atoms with Gasteiger partial charge in [0.1, 0.15) is 6.04 Å². The number of carbonyl (C=O) groups is 1. The minimum absolute atomic E-state index is 0. The van der Waals surface area contributed by atoms with E-state index in [0.717, 1.165) is 18.4 Å². The number of para-hydroxylation sites is 1. The summed E-state index contributed by atoms with van der Waals surface area (Å²) in [7, 11) is 1.46. The molecule has 2 atom stereocenters. The monoisotopic (exact) mass is 294 g/mol. The summed E-state index contributed by atoms with van der Waals surface area (Å²) in [6.45, 7) is 2.15. The lowest BCUT2D eigenvalue weighted by molar-refractivity contribution is -0.721. The SMILES string of the molecule is CCC1[NH2+]C(C(=O)OC)Cc2c1[nH]c1ccccc21.[Cl-]. The summed E-state index contributed by atoms with van der Waals surface area (Å²) in [5, 5.41) is 3.36. The first-order valence-corrected chi connectivity index (χ1v) is 6.77. The second-order valence-electron chi connectivity index (χ2n) is 5.10. The number of hydrogen-bond donors (Lipinski definition) is 2. The Morgan fingerprint density at radius 2 is 2.20 bits per heavy atom. The van der Waals surface area contributed by atoms with Crippen LogP contribution in [0.5, 0.6) is 0 Å². The topological polar surface area (TPSA) is 58.7 Å². The molecule has 20 heavy (non-hydrogen) atoms. The number of esters is 1. The Hall–Kier alpha value is -1.52. The molecule has 108 valence electrons. The number of H-pyrrole nitrogens is 1. The third-order valence-corrected chi connectivity index (χ3v) is 4.05. The van der Waals surface area contributed by atoms with E-state index in [1.807, 2.05) is 12.1 Å². The highest BCUT2D eigenvalue weighted by atomic mass is 35.5. The lowest BCUT2D eigenvalue weighted by Crippen LogP contribution is -3.00. The first-order chi connectivity index (χ1) is 9.24. The summed E-state index contributed by atoms with van der Waals surface area (Å²) in [4.78, 5) is 15.3. The summed E-state index contributed by atoms with van der Waals surface area (Å²) < 4.78 is 4.91. The van der Waals surface area contributed by atoms with Gasteiger partial charge in [0.25, 0.3) is 0 Å². The Kier molecular flexibility index (Phi) is 4.35. The number of halogens is 1. The van der Waals surface area contributed by atoms with Crippen LogP contribution in [0.3, 0.4) is 0 Å². The third-order valence-electron chi connectivity index (χ3n) is 4.05. The zero-order valence-corrected chi connectivity index (χ0v) is 12.4. The minimum atomic E-state index is -0.130. The van der Waals surface area contributed by atoms with E-state index in [1.165, 1.54) is 23.8 Å². The van der Waals surface area contributed by atoms with Crippen LogP contribution in [0.2, 0.25) is 0 Å². The Morgan fingerprint density at radius 3 is 2.90 bits per heavy atom. The normalized spacial score (nSPS) is 21.1. The van der Waals surface area contributed by atoms with Crippen LogP contribution < -0.4 is 17.7 Å². The van der Waals surface area contributed by atoms with Crippen molar-refractivity contribution in [3.05, 3.63) is 35.5 Å². The highest BCUT2D eigenvalue weighted by Gasteiger charge is 2.36. The third kappa shape index (κ3) is 2.30. The Labute approximate surface area is 124 Å². The molecule has 0 amide bonds. The Morgan fingerprint density at radius 1 is 1.45 bits per heavy atom. The molecule has 1 aromatic heterocycles. The second kappa shape index (κ2) is 5.85. The fourth-order valence-electron chi connectivity index (χ4n) is 3.08. The number of aromatic amines is 1. The number of aromatic nitrogens is 1. The van der Waals surface area contributed by atoms with Crippen LogP contribution in [-0.4, -0.2) is 24.1 Å². The van der Waals surface area contributed by atoms with Crippen molar-refractivity contribution in [3.63, 3.8) is 0 Å². The summed E-state index contributed by atoms with van der Waals surface area (Å²) in [5.41, 5.74) is 3.70. The van der Waals surface area contributed by atoms with Crippen molar-refractivity contribution in [2.75, 3.05) is 7.11 Å². The van der Waals surface area contributed by atoms with E-state index in [1.54, 1.807) is 0 Å². The van der Waals surface area contributed by atoms with Crippen molar-refractivity contribution in [2.24, 2.45) is 0 Å².